The van der Waals surface area contributed by atoms with Crippen LogP contribution in [0.5, 0.6) is 5.88 Å². The SMILES string of the molecule is CC[Si](CC)(CC)OC12CCCC(Cc3nc(OC)ccc31)C2. The summed E-state index contributed by atoms with van der Waals surface area (Å²) in [6.45, 7) is 6.98. The van der Waals surface area contributed by atoms with Gasteiger partial charge in [-0.05, 0) is 62.2 Å². The molecule has 23 heavy (non-hydrogen) atoms. The third-order valence-corrected chi connectivity index (χ3v) is 11.0. The lowest BCUT2D eigenvalue weighted by Crippen LogP contribution is -2.50. The number of nitrogens with zero attached hydrogens (tertiary/aromatic N) is 1. The molecular weight excluding hydrogens is 302 g/mol. The first-order chi connectivity index (χ1) is 11.1. The quantitative estimate of drug-likeness (QED) is 0.682. The van der Waals surface area contributed by atoms with E-state index < -0.39 is 8.32 Å². The van der Waals surface area contributed by atoms with Gasteiger partial charge in [0.1, 0.15) is 0 Å². The van der Waals surface area contributed by atoms with E-state index in [1.165, 1.54) is 55.1 Å². The van der Waals surface area contributed by atoms with Crippen molar-refractivity contribution in [3.8, 4) is 5.88 Å². The normalized spacial score (nSPS) is 26.7. The van der Waals surface area contributed by atoms with Gasteiger partial charge in [-0.1, -0.05) is 20.8 Å². The lowest BCUT2D eigenvalue weighted by molar-refractivity contribution is -0.0174. The molecule has 0 saturated heterocycles. The van der Waals surface area contributed by atoms with E-state index in [4.69, 9.17) is 14.1 Å². The fourth-order valence-electron chi connectivity index (χ4n) is 4.73. The van der Waals surface area contributed by atoms with E-state index in [-0.39, 0.29) is 5.60 Å². The second-order valence-corrected chi connectivity index (χ2v) is 12.0. The standard InChI is InChI=1S/C19H31NO2Si/c1-5-23(6-2,7-3)22-19-12-8-9-15(14-19)13-17-16(19)10-11-18(20-17)21-4/h10-11,15H,5-9,12-14H2,1-4H3. The number of hydrogen-bond acceptors (Lipinski definition) is 3. The lowest BCUT2D eigenvalue weighted by atomic mass is 9.68. The Labute approximate surface area is 141 Å². The monoisotopic (exact) mass is 333 g/mol. The van der Waals surface area contributed by atoms with E-state index in [1.807, 2.05) is 6.07 Å². The van der Waals surface area contributed by atoms with E-state index in [9.17, 15) is 0 Å². The van der Waals surface area contributed by atoms with Crippen molar-refractivity contribution in [1.29, 1.82) is 0 Å². The van der Waals surface area contributed by atoms with E-state index in [0.29, 0.717) is 0 Å². The van der Waals surface area contributed by atoms with Gasteiger partial charge in [0.05, 0.1) is 18.4 Å². The molecule has 2 aliphatic rings. The van der Waals surface area contributed by atoms with Crippen LogP contribution in [0.1, 0.15) is 57.7 Å². The number of hydrogen-bond donors (Lipinski definition) is 0. The molecule has 3 rings (SSSR count). The van der Waals surface area contributed by atoms with Crippen molar-refractivity contribution in [3.05, 3.63) is 23.4 Å². The molecule has 0 aliphatic heterocycles. The Morgan fingerprint density at radius 3 is 2.61 bits per heavy atom. The van der Waals surface area contributed by atoms with Gasteiger partial charge in [-0.25, -0.2) is 4.98 Å². The molecule has 2 atom stereocenters. The number of ether oxygens (including phenoxy) is 1. The van der Waals surface area contributed by atoms with Crippen LogP contribution in [0, 0.1) is 5.92 Å². The predicted octanol–water partition coefficient (Wildman–Crippen LogP) is 5.05. The summed E-state index contributed by atoms with van der Waals surface area (Å²) < 4.78 is 12.5. The van der Waals surface area contributed by atoms with Gasteiger partial charge in [0, 0.05) is 11.6 Å². The lowest BCUT2D eigenvalue weighted by Gasteiger charge is -2.50. The molecule has 0 N–H and O–H groups in total. The molecule has 2 unspecified atom stereocenters. The van der Waals surface area contributed by atoms with Crippen molar-refractivity contribution in [2.45, 2.75) is 76.6 Å². The van der Waals surface area contributed by atoms with Crippen molar-refractivity contribution in [1.82, 2.24) is 4.98 Å². The van der Waals surface area contributed by atoms with Gasteiger partial charge in [-0.3, -0.25) is 0 Å². The maximum Gasteiger partial charge on any atom is 0.213 e. The maximum absolute atomic E-state index is 7.14. The van der Waals surface area contributed by atoms with Crippen molar-refractivity contribution >= 4 is 8.32 Å². The minimum absolute atomic E-state index is 0.0655. The molecule has 1 saturated carbocycles. The highest BCUT2D eigenvalue weighted by Gasteiger charge is 2.48. The van der Waals surface area contributed by atoms with Gasteiger partial charge < -0.3 is 9.16 Å². The van der Waals surface area contributed by atoms with Crippen LogP contribution in [0.3, 0.4) is 0 Å². The zero-order chi connectivity index (χ0) is 16.5. The van der Waals surface area contributed by atoms with E-state index in [2.05, 4.69) is 26.8 Å². The van der Waals surface area contributed by atoms with Crippen LogP contribution in [0.25, 0.3) is 0 Å². The highest BCUT2D eigenvalue weighted by molar-refractivity contribution is 6.73. The Balaban J connectivity index is 2.03. The summed E-state index contributed by atoms with van der Waals surface area (Å²) in [5.41, 5.74) is 2.53. The molecule has 1 aromatic rings. The summed E-state index contributed by atoms with van der Waals surface area (Å²) in [5, 5.41) is 0. The van der Waals surface area contributed by atoms with Gasteiger partial charge in [0.15, 0.2) is 8.32 Å². The number of pyridine rings is 1. The number of methoxy groups -OCH3 is 1. The van der Waals surface area contributed by atoms with Gasteiger partial charge in [0.2, 0.25) is 5.88 Å². The summed E-state index contributed by atoms with van der Waals surface area (Å²) in [5.74, 6) is 1.47. The first kappa shape index (κ1) is 17.0. The fraction of sp³-hybridized carbons (Fsp3) is 0.737. The summed E-state index contributed by atoms with van der Waals surface area (Å²) in [4.78, 5) is 4.78. The first-order valence-corrected chi connectivity index (χ1v) is 11.9. The van der Waals surface area contributed by atoms with Crippen LogP contribution in [-0.4, -0.2) is 20.4 Å². The third kappa shape index (κ3) is 2.96. The van der Waals surface area contributed by atoms with Crippen molar-refractivity contribution < 1.29 is 9.16 Å². The van der Waals surface area contributed by atoms with Crippen molar-refractivity contribution in [2.24, 2.45) is 5.92 Å². The summed E-state index contributed by atoms with van der Waals surface area (Å²) in [7, 11) is 0.0590. The highest BCUT2D eigenvalue weighted by Crippen LogP contribution is 2.51. The van der Waals surface area contributed by atoms with Crippen LogP contribution in [0.2, 0.25) is 18.1 Å². The minimum atomic E-state index is -1.64. The highest BCUT2D eigenvalue weighted by atomic mass is 28.4. The molecule has 1 heterocycles. The Morgan fingerprint density at radius 1 is 1.22 bits per heavy atom. The molecule has 2 aliphatic carbocycles. The van der Waals surface area contributed by atoms with Gasteiger partial charge in [0.25, 0.3) is 0 Å². The predicted molar refractivity (Wildman–Crippen MR) is 96.4 cm³/mol. The van der Waals surface area contributed by atoms with Crippen LogP contribution >= 0.6 is 0 Å². The summed E-state index contributed by atoms with van der Waals surface area (Å²) in [6.07, 6.45) is 6.07. The molecule has 0 spiro atoms. The molecule has 0 aromatic carbocycles. The Bertz CT molecular complexity index is 550. The first-order valence-electron chi connectivity index (χ1n) is 9.35. The van der Waals surface area contributed by atoms with E-state index >= 15 is 0 Å². The number of fused-ring (bicyclic) bond motifs is 4. The second kappa shape index (κ2) is 6.56. The molecule has 3 nitrogen and oxygen atoms in total. The van der Waals surface area contributed by atoms with Gasteiger partial charge >= 0.3 is 0 Å². The van der Waals surface area contributed by atoms with Crippen LogP contribution in [0.4, 0.5) is 0 Å². The second-order valence-electron chi connectivity index (χ2n) is 7.35. The average molecular weight is 334 g/mol. The van der Waals surface area contributed by atoms with Gasteiger partial charge in [-0.15, -0.1) is 0 Å². The molecule has 4 heteroatoms. The average Bonchev–Trinajstić information content (AvgIpc) is 2.59. The summed E-state index contributed by atoms with van der Waals surface area (Å²) in [6, 6.07) is 7.90. The smallest absolute Gasteiger partial charge is 0.213 e. The topological polar surface area (TPSA) is 31.4 Å². The molecule has 1 fully saturated rings. The van der Waals surface area contributed by atoms with Gasteiger partial charge in [-0.2, -0.15) is 0 Å². The largest absolute Gasteiger partial charge is 0.481 e. The molecule has 2 bridgehead atoms. The Morgan fingerprint density at radius 2 is 1.96 bits per heavy atom. The van der Waals surface area contributed by atoms with Crippen LogP contribution in [-0.2, 0) is 16.4 Å². The van der Waals surface area contributed by atoms with Crippen LogP contribution < -0.4 is 4.74 Å². The molecule has 0 radical (unpaired) electrons. The fourth-order valence-corrected chi connectivity index (χ4v) is 7.79. The Kier molecular flexibility index (Phi) is 4.84. The zero-order valence-corrected chi connectivity index (χ0v) is 16.2. The zero-order valence-electron chi connectivity index (χ0n) is 15.2. The third-order valence-electron chi connectivity index (χ3n) is 6.29. The summed E-state index contributed by atoms with van der Waals surface area (Å²) >= 11 is 0. The van der Waals surface area contributed by atoms with E-state index in [1.54, 1.807) is 7.11 Å². The minimum Gasteiger partial charge on any atom is -0.481 e. The Hall–Kier alpha value is -0.873. The van der Waals surface area contributed by atoms with Crippen molar-refractivity contribution in [3.63, 3.8) is 0 Å². The van der Waals surface area contributed by atoms with Crippen LogP contribution in [0.15, 0.2) is 12.1 Å². The molecule has 1 aromatic heterocycles. The number of aromatic nitrogens is 1. The van der Waals surface area contributed by atoms with E-state index in [0.717, 1.165) is 18.2 Å². The maximum atomic E-state index is 7.14. The molecule has 128 valence electrons. The molecular formula is C19H31NO2Si. The molecule has 0 amide bonds. The van der Waals surface area contributed by atoms with Crippen molar-refractivity contribution in [2.75, 3.05) is 7.11 Å². The number of rotatable bonds is 6.